The first kappa shape index (κ1) is 15.7. The van der Waals surface area contributed by atoms with Gasteiger partial charge in [-0.25, -0.2) is 9.50 Å². The molecular formula is C18H16ClN5O. The lowest BCUT2D eigenvalue weighted by Crippen LogP contribution is -2.28. The molecule has 1 aromatic carbocycles. The molecule has 0 unspecified atom stereocenters. The number of aromatic nitrogens is 3. The number of imidazole rings is 1. The van der Waals surface area contributed by atoms with Crippen LogP contribution in [0, 0.1) is 0 Å². The molecule has 1 amide bonds. The van der Waals surface area contributed by atoms with Crippen LogP contribution in [0.15, 0.2) is 54.7 Å². The van der Waals surface area contributed by atoms with E-state index in [2.05, 4.69) is 32.5 Å². The van der Waals surface area contributed by atoms with Crippen LogP contribution in [0.1, 0.15) is 16.8 Å². The summed E-state index contributed by atoms with van der Waals surface area (Å²) >= 11 is 6.06. The van der Waals surface area contributed by atoms with E-state index in [9.17, 15) is 4.79 Å². The summed E-state index contributed by atoms with van der Waals surface area (Å²) in [6, 6.07) is 10.7. The van der Waals surface area contributed by atoms with E-state index in [1.807, 2.05) is 12.1 Å². The second-order valence-corrected chi connectivity index (χ2v) is 6.17. The van der Waals surface area contributed by atoms with Gasteiger partial charge in [-0.05, 0) is 30.7 Å². The summed E-state index contributed by atoms with van der Waals surface area (Å²) in [6.45, 7) is 1.79. The normalized spacial score (nSPS) is 14.0. The van der Waals surface area contributed by atoms with E-state index in [-0.39, 0.29) is 5.91 Å². The highest BCUT2D eigenvalue weighted by molar-refractivity contribution is 6.34. The number of hydrogen-bond acceptors (Lipinski definition) is 4. The number of nitrogens with zero attached hydrogens (tertiary/aromatic N) is 4. The molecule has 3 heterocycles. The third kappa shape index (κ3) is 3.21. The first-order valence-corrected chi connectivity index (χ1v) is 8.41. The zero-order valence-corrected chi connectivity index (χ0v) is 14.1. The zero-order valence-electron chi connectivity index (χ0n) is 13.4. The molecule has 126 valence electrons. The molecule has 1 N–H and O–H groups in total. The van der Waals surface area contributed by atoms with Gasteiger partial charge in [0.15, 0.2) is 11.5 Å². The number of nitrogens with one attached hydrogen (secondary N) is 1. The minimum absolute atomic E-state index is 0.296. The lowest BCUT2D eigenvalue weighted by molar-refractivity contribution is 0.102. The Morgan fingerprint density at radius 1 is 1.16 bits per heavy atom. The topological polar surface area (TPSA) is 62.5 Å². The Hall–Kier alpha value is -2.86. The molecule has 3 aromatic rings. The van der Waals surface area contributed by atoms with Crippen molar-refractivity contribution in [3.05, 3.63) is 65.3 Å². The Morgan fingerprint density at radius 2 is 2.04 bits per heavy atom. The second-order valence-electron chi connectivity index (χ2n) is 5.76. The summed E-state index contributed by atoms with van der Waals surface area (Å²) in [5.41, 5.74) is 1.08. The van der Waals surface area contributed by atoms with Crippen LogP contribution in [0.3, 0.4) is 0 Å². The molecule has 0 aliphatic carbocycles. The largest absolute Gasteiger partial charge is 0.351 e. The Morgan fingerprint density at radius 3 is 2.84 bits per heavy atom. The molecule has 0 bridgehead atoms. The smallest absolute Gasteiger partial charge is 0.258 e. The number of anilines is 2. The lowest BCUT2D eigenvalue weighted by atomic mass is 10.2. The first-order chi connectivity index (χ1) is 12.2. The lowest BCUT2D eigenvalue weighted by Gasteiger charge is -2.23. The van der Waals surface area contributed by atoms with Crippen molar-refractivity contribution in [1.29, 1.82) is 0 Å². The van der Waals surface area contributed by atoms with Crippen molar-refractivity contribution in [2.24, 2.45) is 0 Å². The molecule has 1 aliphatic rings. The first-order valence-electron chi connectivity index (χ1n) is 8.03. The average Bonchev–Trinajstić information content (AvgIpc) is 3.04. The van der Waals surface area contributed by atoms with Gasteiger partial charge in [0.05, 0.1) is 16.8 Å². The molecule has 0 atom stereocenters. The van der Waals surface area contributed by atoms with E-state index in [0.717, 1.165) is 25.3 Å². The van der Waals surface area contributed by atoms with Crippen molar-refractivity contribution in [2.75, 3.05) is 23.3 Å². The highest BCUT2D eigenvalue weighted by atomic mass is 35.5. The number of carbonyl (C=O) groups is 1. The van der Waals surface area contributed by atoms with Gasteiger partial charge in [-0.2, -0.15) is 0 Å². The number of benzene rings is 1. The molecule has 1 aliphatic heterocycles. The molecule has 0 saturated carbocycles. The maximum Gasteiger partial charge on any atom is 0.258 e. The fourth-order valence-electron chi connectivity index (χ4n) is 2.78. The van der Waals surface area contributed by atoms with Crippen molar-refractivity contribution in [2.45, 2.75) is 6.42 Å². The van der Waals surface area contributed by atoms with Crippen molar-refractivity contribution in [1.82, 2.24) is 14.6 Å². The van der Waals surface area contributed by atoms with Gasteiger partial charge in [0, 0.05) is 13.1 Å². The number of carbonyl (C=O) groups excluding carboxylic acids is 1. The van der Waals surface area contributed by atoms with Crippen LogP contribution in [0.4, 0.5) is 11.6 Å². The summed E-state index contributed by atoms with van der Waals surface area (Å²) in [4.78, 5) is 18.9. The van der Waals surface area contributed by atoms with Crippen LogP contribution in [0.2, 0.25) is 5.02 Å². The molecule has 2 aromatic heterocycles. The summed E-state index contributed by atoms with van der Waals surface area (Å²) in [5, 5.41) is 7.76. The fourth-order valence-corrected chi connectivity index (χ4v) is 3.00. The molecule has 6 nitrogen and oxygen atoms in total. The number of amides is 1. The van der Waals surface area contributed by atoms with Crippen LogP contribution in [0.25, 0.3) is 5.65 Å². The minimum atomic E-state index is -0.296. The Bertz CT molecular complexity index is 965. The summed E-state index contributed by atoms with van der Waals surface area (Å²) < 4.78 is 1.68. The van der Waals surface area contributed by atoms with Crippen molar-refractivity contribution < 1.29 is 4.79 Å². The average molecular weight is 354 g/mol. The van der Waals surface area contributed by atoms with Crippen LogP contribution < -0.4 is 10.2 Å². The Labute approximate surface area is 149 Å². The molecule has 4 rings (SSSR count). The van der Waals surface area contributed by atoms with Gasteiger partial charge in [-0.1, -0.05) is 35.9 Å². The van der Waals surface area contributed by atoms with Gasteiger partial charge in [0.1, 0.15) is 5.82 Å². The molecule has 7 heteroatoms. The predicted molar refractivity (Wildman–Crippen MR) is 98.4 cm³/mol. The number of fused-ring (bicyclic) bond motifs is 1. The van der Waals surface area contributed by atoms with E-state index < -0.39 is 0 Å². The quantitative estimate of drug-likeness (QED) is 0.733. The Kier molecular flexibility index (Phi) is 4.11. The second kappa shape index (κ2) is 6.57. The fraction of sp³-hybridized carbons (Fsp3) is 0.167. The van der Waals surface area contributed by atoms with Crippen molar-refractivity contribution in [3.63, 3.8) is 0 Å². The Balaban J connectivity index is 1.58. The van der Waals surface area contributed by atoms with E-state index >= 15 is 0 Å². The van der Waals surface area contributed by atoms with Gasteiger partial charge in [0.25, 0.3) is 5.91 Å². The van der Waals surface area contributed by atoms with Crippen molar-refractivity contribution in [3.8, 4) is 0 Å². The number of hydrogen-bond donors (Lipinski definition) is 1. The van der Waals surface area contributed by atoms with E-state index in [4.69, 9.17) is 11.6 Å². The predicted octanol–water partition coefficient (Wildman–Crippen LogP) is 3.40. The third-order valence-electron chi connectivity index (χ3n) is 4.05. The van der Waals surface area contributed by atoms with Gasteiger partial charge in [-0.3, -0.25) is 4.79 Å². The summed E-state index contributed by atoms with van der Waals surface area (Å²) in [7, 11) is 0. The van der Waals surface area contributed by atoms with Crippen molar-refractivity contribution >= 4 is 34.8 Å². The standard InChI is InChI=1S/C18H16ClN5O/c19-14-7-3-2-6-13(14)18(25)21-15-12-24-16(20-15)8-9-17(22-24)23-10-4-1-5-11-23/h1-4,6-9,12H,5,10-11H2,(H,21,25). The molecule has 0 radical (unpaired) electrons. The molecule has 25 heavy (non-hydrogen) atoms. The maximum absolute atomic E-state index is 12.3. The van der Waals surface area contributed by atoms with E-state index in [0.29, 0.717) is 22.1 Å². The van der Waals surface area contributed by atoms with Gasteiger partial charge in [0.2, 0.25) is 0 Å². The number of halogens is 1. The highest BCUT2D eigenvalue weighted by Gasteiger charge is 2.14. The summed E-state index contributed by atoms with van der Waals surface area (Å²) in [5.74, 6) is 1.03. The van der Waals surface area contributed by atoms with Crippen LogP contribution in [-0.2, 0) is 0 Å². The molecule has 0 spiro atoms. The zero-order chi connectivity index (χ0) is 17.2. The van der Waals surface area contributed by atoms with E-state index in [1.54, 1.807) is 35.0 Å². The van der Waals surface area contributed by atoms with Gasteiger partial charge in [-0.15, -0.1) is 5.10 Å². The van der Waals surface area contributed by atoms with Crippen LogP contribution in [0.5, 0.6) is 0 Å². The number of rotatable bonds is 3. The SMILES string of the molecule is O=C(Nc1cn2nc(N3CC=CCC3)ccc2n1)c1ccccc1Cl. The molecule has 0 fully saturated rings. The van der Waals surface area contributed by atoms with Crippen LogP contribution in [-0.4, -0.2) is 33.6 Å². The van der Waals surface area contributed by atoms with Crippen LogP contribution >= 0.6 is 11.6 Å². The van der Waals surface area contributed by atoms with E-state index in [1.165, 1.54) is 0 Å². The summed E-state index contributed by atoms with van der Waals surface area (Å²) in [6.07, 6.45) is 7.03. The minimum Gasteiger partial charge on any atom is -0.351 e. The monoisotopic (exact) mass is 353 g/mol. The third-order valence-corrected chi connectivity index (χ3v) is 4.38. The molecule has 0 saturated heterocycles. The molecular weight excluding hydrogens is 338 g/mol. The maximum atomic E-state index is 12.3. The van der Waals surface area contributed by atoms with Gasteiger partial charge >= 0.3 is 0 Å². The highest BCUT2D eigenvalue weighted by Crippen LogP contribution is 2.19. The van der Waals surface area contributed by atoms with Gasteiger partial charge < -0.3 is 10.2 Å².